The summed E-state index contributed by atoms with van der Waals surface area (Å²) in [6.45, 7) is 4.58. The summed E-state index contributed by atoms with van der Waals surface area (Å²) in [5, 5.41) is 11.1. The molecule has 3 N–H and O–H groups in total. The Hall–Kier alpha value is -1.86. The van der Waals surface area contributed by atoms with Crippen LogP contribution in [0.2, 0.25) is 5.02 Å². The molecule has 1 aliphatic rings. The third kappa shape index (κ3) is 2.79. The lowest BCUT2D eigenvalue weighted by atomic mass is 10.0. The highest BCUT2D eigenvalue weighted by atomic mass is 35.5. The van der Waals surface area contributed by atoms with Crippen LogP contribution in [0.1, 0.15) is 37.0 Å². The van der Waals surface area contributed by atoms with E-state index < -0.39 is 4.92 Å². The van der Waals surface area contributed by atoms with Crippen molar-refractivity contribution in [2.24, 2.45) is 5.84 Å². The number of nitro groups is 1. The number of anilines is 1. The molecule has 1 saturated heterocycles. The summed E-state index contributed by atoms with van der Waals surface area (Å²) in [6, 6.07) is 2.61. The number of carbonyl (C=O) groups is 1. The van der Waals surface area contributed by atoms with Crippen LogP contribution in [0.15, 0.2) is 12.1 Å². The van der Waals surface area contributed by atoms with Gasteiger partial charge in [-0.2, -0.15) is 0 Å². The van der Waals surface area contributed by atoms with Crippen LogP contribution in [0, 0.1) is 10.1 Å². The summed E-state index contributed by atoms with van der Waals surface area (Å²) in [7, 11) is 0. The second kappa shape index (κ2) is 5.50. The van der Waals surface area contributed by atoms with E-state index in [2.05, 4.69) is 5.43 Å². The van der Waals surface area contributed by atoms with Gasteiger partial charge in [0.15, 0.2) is 0 Å². The van der Waals surface area contributed by atoms with Crippen LogP contribution in [0.4, 0.5) is 11.4 Å². The average Bonchev–Trinajstić information content (AvgIpc) is 2.76. The number of carbonyl (C=O) groups excluding carboxylic acids is 1. The first-order valence-corrected chi connectivity index (χ1v) is 6.92. The van der Waals surface area contributed by atoms with Crippen molar-refractivity contribution in [1.82, 2.24) is 4.90 Å². The molecule has 1 amide bonds. The summed E-state index contributed by atoms with van der Waals surface area (Å²) < 4.78 is 0. The standard InChI is InChI=1S/C13H17ClN4O3/c1-13(2)4-3-5-17(13)12(19)8-6-9(14)11(16-15)10(7-8)18(20)21/h6-7,16H,3-5,15H2,1-2H3. The van der Waals surface area contributed by atoms with Crippen LogP contribution in [0.25, 0.3) is 0 Å². The van der Waals surface area contributed by atoms with E-state index >= 15 is 0 Å². The zero-order chi connectivity index (χ0) is 15.8. The summed E-state index contributed by atoms with van der Waals surface area (Å²) in [5.41, 5.74) is 1.82. The van der Waals surface area contributed by atoms with Crippen molar-refractivity contribution < 1.29 is 9.72 Å². The molecule has 0 spiro atoms. The number of nitro benzene ring substituents is 1. The third-order valence-corrected chi connectivity index (χ3v) is 4.10. The Morgan fingerprint density at radius 2 is 2.19 bits per heavy atom. The highest BCUT2D eigenvalue weighted by molar-refractivity contribution is 6.34. The SMILES string of the molecule is CC1(C)CCCN1C(=O)c1cc(Cl)c(NN)c([N+](=O)[O-])c1. The molecule has 1 fully saturated rings. The van der Waals surface area contributed by atoms with Gasteiger partial charge in [0.25, 0.3) is 11.6 Å². The van der Waals surface area contributed by atoms with Crippen molar-refractivity contribution >= 4 is 28.9 Å². The summed E-state index contributed by atoms with van der Waals surface area (Å²) in [5.74, 6) is 4.99. The largest absolute Gasteiger partial charge is 0.334 e. The lowest BCUT2D eigenvalue weighted by molar-refractivity contribution is -0.384. The van der Waals surface area contributed by atoms with Crippen LogP contribution in [0.5, 0.6) is 0 Å². The highest BCUT2D eigenvalue weighted by Crippen LogP contribution is 2.35. The topological polar surface area (TPSA) is 102 Å². The Bertz CT molecular complexity index is 603. The molecule has 1 aromatic carbocycles. The van der Waals surface area contributed by atoms with Crippen LogP contribution < -0.4 is 11.3 Å². The zero-order valence-corrected chi connectivity index (χ0v) is 12.6. The van der Waals surface area contributed by atoms with Gasteiger partial charge in [-0.05, 0) is 32.8 Å². The molecule has 0 atom stereocenters. The molecule has 0 bridgehead atoms. The zero-order valence-electron chi connectivity index (χ0n) is 11.9. The molecule has 0 unspecified atom stereocenters. The highest BCUT2D eigenvalue weighted by Gasteiger charge is 2.36. The van der Waals surface area contributed by atoms with Crippen molar-refractivity contribution in [3.63, 3.8) is 0 Å². The normalized spacial score (nSPS) is 16.9. The number of nitrogens with one attached hydrogen (secondary N) is 1. The molecule has 1 aromatic rings. The molecular formula is C13H17ClN4O3. The van der Waals surface area contributed by atoms with E-state index in [9.17, 15) is 14.9 Å². The minimum absolute atomic E-state index is 0.00102. The summed E-state index contributed by atoms with van der Waals surface area (Å²) >= 11 is 5.98. The smallest absolute Gasteiger partial charge is 0.295 e. The molecule has 2 rings (SSSR count). The van der Waals surface area contributed by atoms with Crippen LogP contribution >= 0.6 is 11.6 Å². The Morgan fingerprint density at radius 3 is 2.67 bits per heavy atom. The lowest BCUT2D eigenvalue weighted by Crippen LogP contribution is -2.42. The van der Waals surface area contributed by atoms with E-state index in [0.29, 0.717) is 6.54 Å². The summed E-state index contributed by atoms with van der Waals surface area (Å²) in [4.78, 5) is 24.8. The van der Waals surface area contributed by atoms with E-state index in [4.69, 9.17) is 17.4 Å². The number of nitrogens with two attached hydrogens (primary N) is 1. The first-order valence-electron chi connectivity index (χ1n) is 6.54. The molecule has 114 valence electrons. The minimum atomic E-state index is -0.618. The molecule has 8 heteroatoms. The van der Waals surface area contributed by atoms with Gasteiger partial charge in [0.1, 0.15) is 5.69 Å². The number of nitrogens with zero attached hydrogens (tertiary/aromatic N) is 2. The molecule has 0 aliphatic carbocycles. The van der Waals surface area contributed by atoms with Gasteiger partial charge in [-0.15, -0.1) is 0 Å². The van der Waals surface area contributed by atoms with Gasteiger partial charge < -0.3 is 10.3 Å². The van der Waals surface area contributed by atoms with E-state index in [-0.39, 0.29) is 33.4 Å². The monoisotopic (exact) mass is 312 g/mol. The van der Waals surface area contributed by atoms with Crippen LogP contribution in [-0.4, -0.2) is 27.8 Å². The quantitative estimate of drug-likeness (QED) is 0.507. The number of benzene rings is 1. The third-order valence-electron chi connectivity index (χ3n) is 3.80. The fourth-order valence-electron chi connectivity index (χ4n) is 2.64. The number of halogens is 1. The summed E-state index contributed by atoms with van der Waals surface area (Å²) in [6.07, 6.45) is 1.81. The second-order valence-electron chi connectivity index (χ2n) is 5.63. The van der Waals surface area contributed by atoms with Crippen molar-refractivity contribution in [3.05, 3.63) is 32.8 Å². The van der Waals surface area contributed by atoms with Gasteiger partial charge in [-0.3, -0.25) is 20.8 Å². The van der Waals surface area contributed by atoms with Gasteiger partial charge in [0.2, 0.25) is 0 Å². The number of nitrogen functional groups attached to an aromatic ring is 1. The molecule has 0 aromatic heterocycles. The number of hydrogen-bond acceptors (Lipinski definition) is 5. The van der Waals surface area contributed by atoms with Crippen molar-refractivity contribution in [1.29, 1.82) is 0 Å². The van der Waals surface area contributed by atoms with Gasteiger partial charge in [-0.25, -0.2) is 0 Å². The fourth-order valence-corrected chi connectivity index (χ4v) is 2.91. The minimum Gasteiger partial charge on any atom is -0.334 e. The molecule has 21 heavy (non-hydrogen) atoms. The van der Waals surface area contributed by atoms with Gasteiger partial charge in [0, 0.05) is 23.7 Å². The average molecular weight is 313 g/mol. The lowest BCUT2D eigenvalue weighted by Gasteiger charge is -2.31. The van der Waals surface area contributed by atoms with E-state index in [1.54, 1.807) is 4.90 Å². The second-order valence-corrected chi connectivity index (χ2v) is 6.03. The van der Waals surface area contributed by atoms with E-state index in [0.717, 1.165) is 12.8 Å². The van der Waals surface area contributed by atoms with E-state index in [1.807, 2.05) is 13.8 Å². The first-order chi connectivity index (χ1) is 9.77. The van der Waals surface area contributed by atoms with Crippen molar-refractivity contribution in [2.75, 3.05) is 12.0 Å². The number of amides is 1. The number of hydrazine groups is 1. The van der Waals surface area contributed by atoms with Gasteiger partial charge in [-0.1, -0.05) is 11.6 Å². The number of rotatable bonds is 3. The fraction of sp³-hybridized carbons (Fsp3) is 0.462. The maximum Gasteiger partial charge on any atom is 0.295 e. The molecule has 7 nitrogen and oxygen atoms in total. The maximum absolute atomic E-state index is 12.6. The van der Waals surface area contributed by atoms with Gasteiger partial charge in [0.05, 0.1) is 9.95 Å². The Balaban J connectivity index is 2.45. The van der Waals surface area contributed by atoms with Crippen LogP contribution in [-0.2, 0) is 0 Å². The molecular weight excluding hydrogens is 296 g/mol. The Labute approximate surface area is 127 Å². The molecule has 1 aliphatic heterocycles. The Kier molecular flexibility index (Phi) is 4.06. The first kappa shape index (κ1) is 15.5. The molecule has 0 radical (unpaired) electrons. The van der Waals surface area contributed by atoms with Crippen LogP contribution in [0.3, 0.4) is 0 Å². The number of likely N-dealkylation sites (tertiary alicyclic amines) is 1. The van der Waals surface area contributed by atoms with Crippen molar-refractivity contribution in [2.45, 2.75) is 32.2 Å². The number of hydrogen-bond donors (Lipinski definition) is 2. The predicted molar refractivity (Wildman–Crippen MR) is 80.3 cm³/mol. The van der Waals surface area contributed by atoms with E-state index in [1.165, 1.54) is 12.1 Å². The maximum atomic E-state index is 12.6. The Morgan fingerprint density at radius 1 is 1.52 bits per heavy atom. The van der Waals surface area contributed by atoms with Gasteiger partial charge >= 0.3 is 0 Å². The predicted octanol–water partition coefficient (Wildman–Crippen LogP) is 2.55. The van der Waals surface area contributed by atoms with Crippen molar-refractivity contribution in [3.8, 4) is 0 Å². The molecule has 0 saturated carbocycles. The molecule has 1 heterocycles.